The third-order valence-electron chi connectivity index (χ3n) is 4.30. The molecule has 1 unspecified atom stereocenters. The van der Waals surface area contributed by atoms with E-state index >= 15 is 0 Å². The van der Waals surface area contributed by atoms with Gasteiger partial charge in [0.1, 0.15) is 0 Å². The van der Waals surface area contributed by atoms with Gasteiger partial charge >= 0.3 is 12.0 Å². The molecule has 0 fully saturated rings. The molecule has 0 saturated heterocycles. The van der Waals surface area contributed by atoms with E-state index < -0.39 is 24.0 Å². The topological polar surface area (TPSA) is 97.4 Å². The fraction of sp³-hybridized carbons (Fsp3) is 0.182. The number of carbonyl (C=O) groups excluding carboxylic acids is 3. The van der Waals surface area contributed by atoms with Crippen molar-refractivity contribution >= 4 is 44.7 Å². The Morgan fingerprint density at radius 1 is 1.10 bits per heavy atom. The van der Waals surface area contributed by atoms with E-state index in [0.717, 1.165) is 10.0 Å². The number of rotatable bonds is 5. The zero-order valence-corrected chi connectivity index (χ0v) is 18.0. The van der Waals surface area contributed by atoms with Gasteiger partial charge in [0.25, 0.3) is 5.91 Å². The first-order valence-corrected chi connectivity index (χ1v) is 10.1. The lowest BCUT2D eigenvalue weighted by Crippen LogP contribution is -2.44. The van der Waals surface area contributed by atoms with Crippen molar-refractivity contribution in [2.45, 2.75) is 20.0 Å². The number of benzene rings is 2. The Morgan fingerprint density at radius 3 is 2.50 bits per heavy atom. The van der Waals surface area contributed by atoms with Gasteiger partial charge in [0, 0.05) is 22.0 Å². The number of halogens is 1. The molecule has 30 heavy (non-hydrogen) atoms. The third kappa shape index (κ3) is 5.01. The van der Waals surface area contributed by atoms with Crippen LogP contribution >= 0.6 is 15.9 Å². The quantitative estimate of drug-likeness (QED) is 0.549. The molecule has 0 spiro atoms. The molecule has 0 aliphatic rings. The zero-order valence-electron chi connectivity index (χ0n) is 16.4. The minimum absolute atomic E-state index is 0.288. The number of nitrogens with one attached hydrogen (secondary N) is 2. The summed E-state index contributed by atoms with van der Waals surface area (Å²) in [7, 11) is 0. The molecule has 154 valence electrons. The largest absolute Gasteiger partial charge is 0.449 e. The highest BCUT2D eigenvalue weighted by Crippen LogP contribution is 2.26. The molecule has 1 heterocycles. The number of aromatic nitrogens is 1. The van der Waals surface area contributed by atoms with Crippen LogP contribution in [0.2, 0.25) is 0 Å². The number of amides is 3. The summed E-state index contributed by atoms with van der Waals surface area (Å²) in [4.78, 5) is 41.2. The summed E-state index contributed by atoms with van der Waals surface area (Å²) in [6.45, 7) is 3.51. The molecule has 2 aromatic carbocycles. The van der Waals surface area contributed by atoms with Crippen molar-refractivity contribution in [3.8, 4) is 11.3 Å². The molecule has 8 heteroatoms. The summed E-state index contributed by atoms with van der Waals surface area (Å²) in [5, 5.41) is 5.19. The molecule has 0 aliphatic heterocycles. The monoisotopic (exact) mass is 469 g/mol. The van der Waals surface area contributed by atoms with Gasteiger partial charge < -0.3 is 10.1 Å². The van der Waals surface area contributed by atoms with Crippen molar-refractivity contribution in [2.75, 3.05) is 6.54 Å². The first kappa shape index (κ1) is 21.4. The number of imide groups is 1. The molecule has 0 bridgehead atoms. The Kier molecular flexibility index (Phi) is 6.79. The lowest BCUT2D eigenvalue weighted by atomic mass is 10.0. The SMILES string of the molecule is CCNC(=O)NC(=O)C(C)OC(=O)c1cc(-c2ccc(Br)cc2)nc2ccccc12. The number of nitrogens with zero attached hydrogens (tertiary/aromatic N) is 1. The van der Waals surface area contributed by atoms with E-state index in [1.54, 1.807) is 31.2 Å². The molecule has 3 aromatic rings. The van der Waals surface area contributed by atoms with E-state index in [2.05, 4.69) is 31.5 Å². The Balaban J connectivity index is 1.90. The van der Waals surface area contributed by atoms with E-state index in [4.69, 9.17) is 4.74 Å². The number of hydrogen-bond donors (Lipinski definition) is 2. The molecule has 0 saturated carbocycles. The number of ether oxygens (including phenoxy) is 1. The van der Waals surface area contributed by atoms with Crippen LogP contribution in [0.4, 0.5) is 4.79 Å². The number of fused-ring (bicyclic) bond motifs is 1. The van der Waals surface area contributed by atoms with Gasteiger partial charge in [-0.3, -0.25) is 10.1 Å². The number of hydrogen-bond acceptors (Lipinski definition) is 5. The molecule has 2 N–H and O–H groups in total. The van der Waals surface area contributed by atoms with Crippen LogP contribution in [0.25, 0.3) is 22.2 Å². The second-order valence-electron chi connectivity index (χ2n) is 6.48. The predicted octanol–water partition coefficient (Wildman–Crippen LogP) is 4.06. The minimum atomic E-state index is -1.15. The fourth-order valence-corrected chi connectivity index (χ4v) is 3.07. The number of esters is 1. The van der Waals surface area contributed by atoms with Gasteiger partial charge in [0.05, 0.1) is 16.8 Å². The molecular formula is C22H20BrN3O4. The van der Waals surface area contributed by atoms with Gasteiger partial charge in [0.15, 0.2) is 6.10 Å². The number of para-hydroxylation sites is 1. The molecule has 3 amide bonds. The summed E-state index contributed by atoms with van der Waals surface area (Å²) in [5.74, 6) is -1.38. The van der Waals surface area contributed by atoms with Crippen LogP contribution in [0.1, 0.15) is 24.2 Å². The first-order valence-electron chi connectivity index (χ1n) is 9.34. The van der Waals surface area contributed by atoms with Gasteiger partial charge in [-0.05, 0) is 38.1 Å². The summed E-state index contributed by atoms with van der Waals surface area (Å²) < 4.78 is 6.26. The highest BCUT2D eigenvalue weighted by Gasteiger charge is 2.22. The molecule has 1 aromatic heterocycles. The molecule has 1 atom stereocenters. The molecule has 0 aliphatic carbocycles. The van der Waals surface area contributed by atoms with Crippen LogP contribution in [0, 0.1) is 0 Å². The first-order chi connectivity index (χ1) is 14.4. The van der Waals surface area contributed by atoms with Gasteiger partial charge in [0.2, 0.25) is 0 Å². The van der Waals surface area contributed by atoms with E-state index in [9.17, 15) is 14.4 Å². The van der Waals surface area contributed by atoms with Crippen LogP contribution in [-0.2, 0) is 9.53 Å². The Morgan fingerprint density at radius 2 is 1.80 bits per heavy atom. The lowest BCUT2D eigenvalue weighted by molar-refractivity contribution is -0.127. The van der Waals surface area contributed by atoms with Gasteiger partial charge in [-0.15, -0.1) is 0 Å². The van der Waals surface area contributed by atoms with E-state index in [1.807, 2.05) is 30.3 Å². The number of urea groups is 1. The minimum Gasteiger partial charge on any atom is -0.449 e. The number of carbonyl (C=O) groups is 3. The highest BCUT2D eigenvalue weighted by atomic mass is 79.9. The second kappa shape index (κ2) is 9.49. The van der Waals surface area contributed by atoms with Crippen molar-refractivity contribution in [3.05, 3.63) is 64.6 Å². The molecule has 3 rings (SSSR count). The van der Waals surface area contributed by atoms with Crippen LogP contribution in [0.5, 0.6) is 0 Å². The third-order valence-corrected chi connectivity index (χ3v) is 4.83. The Bertz CT molecular complexity index is 1100. The maximum absolute atomic E-state index is 12.9. The summed E-state index contributed by atoms with van der Waals surface area (Å²) in [6, 6.07) is 15.8. The normalized spacial score (nSPS) is 11.6. The van der Waals surface area contributed by atoms with Crippen molar-refractivity contribution in [2.24, 2.45) is 0 Å². The average Bonchev–Trinajstić information content (AvgIpc) is 2.73. The molecule has 0 radical (unpaired) electrons. The summed E-state index contributed by atoms with van der Waals surface area (Å²) in [5.41, 5.74) is 2.35. The highest BCUT2D eigenvalue weighted by molar-refractivity contribution is 9.10. The Labute approximate surface area is 182 Å². The van der Waals surface area contributed by atoms with Crippen molar-refractivity contribution in [3.63, 3.8) is 0 Å². The van der Waals surface area contributed by atoms with Gasteiger partial charge in [-0.25, -0.2) is 14.6 Å². The van der Waals surface area contributed by atoms with E-state index in [-0.39, 0.29) is 5.56 Å². The van der Waals surface area contributed by atoms with Crippen molar-refractivity contribution in [1.29, 1.82) is 0 Å². The zero-order chi connectivity index (χ0) is 21.7. The van der Waals surface area contributed by atoms with Gasteiger partial charge in [-0.2, -0.15) is 0 Å². The van der Waals surface area contributed by atoms with Crippen LogP contribution in [0.3, 0.4) is 0 Å². The maximum Gasteiger partial charge on any atom is 0.339 e. The maximum atomic E-state index is 12.9. The Hall–Kier alpha value is -3.26. The average molecular weight is 470 g/mol. The lowest BCUT2D eigenvalue weighted by Gasteiger charge is -2.15. The standard InChI is InChI=1S/C22H20BrN3O4/c1-3-24-22(29)26-20(27)13(2)30-21(28)17-12-19(14-8-10-15(23)11-9-14)25-18-7-5-4-6-16(17)18/h4-13H,3H2,1-2H3,(H2,24,26,27,29). The fourth-order valence-electron chi connectivity index (χ4n) is 2.81. The smallest absolute Gasteiger partial charge is 0.339 e. The summed E-state index contributed by atoms with van der Waals surface area (Å²) >= 11 is 3.40. The predicted molar refractivity (Wildman–Crippen MR) is 117 cm³/mol. The summed E-state index contributed by atoms with van der Waals surface area (Å²) in [6.07, 6.45) is -1.15. The van der Waals surface area contributed by atoms with E-state index in [1.165, 1.54) is 6.92 Å². The van der Waals surface area contributed by atoms with Crippen molar-refractivity contribution < 1.29 is 19.1 Å². The molecule has 7 nitrogen and oxygen atoms in total. The number of pyridine rings is 1. The van der Waals surface area contributed by atoms with Crippen LogP contribution in [-0.4, -0.2) is 35.5 Å². The molecular weight excluding hydrogens is 450 g/mol. The second-order valence-corrected chi connectivity index (χ2v) is 7.39. The van der Waals surface area contributed by atoms with Crippen LogP contribution in [0.15, 0.2) is 59.1 Å². The van der Waals surface area contributed by atoms with Gasteiger partial charge in [-0.1, -0.05) is 46.3 Å². The van der Waals surface area contributed by atoms with Crippen LogP contribution < -0.4 is 10.6 Å². The van der Waals surface area contributed by atoms with E-state index in [0.29, 0.717) is 23.1 Å². The van der Waals surface area contributed by atoms with Crippen molar-refractivity contribution in [1.82, 2.24) is 15.6 Å².